The van der Waals surface area contributed by atoms with Gasteiger partial charge in [-0.25, -0.2) is 0 Å². The van der Waals surface area contributed by atoms with E-state index in [1.165, 1.54) is 0 Å². The maximum Gasteiger partial charge on any atom is 0.0780 e. The van der Waals surface area contributed by atoms with Gasteiger partial charge in [-0.05, 0) is 6.92 Å². The highest BCUT2D eigenvalue weighted by atomic mass is 16.3. The van der Waals surface area contributed by atoms with Crippen LogP contribution in [0.3, 0.4) is 0 Å². The minimum absolute atomic E-state index is 0.154. The standard InChI is InChI=1S/C8H14O/c1-4-6-8(9)7(3)5-2/h4-9H,2H2,1,3H3. The first-order valence-electron chi connectivity index (χ1n) is 3.15. The zero-order valence-corrected chi connectivity index (χ0v) is 6.04. The van der Waals surface area contributed by atoms with Crippen LogP contribution >= 0.6 is 0 Å². The van der Waals surface area contributed by atoms with Crippen molar-refractivity contribution in [1.29, 1.82) is 0 Å². The Morgan fingerprint density at radius 2 is 2.11 bits per heavy atom. The molecule has 0 aliphatic carbocycles. The van der Waals surface area contributed by atoms with E-state index < -0.39 is 0 Å². The van der Waals surface area contributed by atoms with E-state index in [0.717, 1.165) is 0 Å². The number of aliphatic hydroxyl groups is 1. The third-order valence-electron chi connectivity index (χ3n) is 1.30. The second-order valence-electron chi connectivity index (χ2n) is 2.11. The van der Waals surface area contributed by atoms with Crippen LogP contribution in [0.1, 0.15) is 13.8 Å². The SMILES string of the molecule is C=CC(C)C(O)C=CC. The first-order chi connectivity index (χ1) is 4.22. The summed E-state index contributed by atoms with van der Waals surface area (Å²) in [7, 11) is 0. The van der Waals surface area contributed by atoms with Crippen LogP contribution in [-0.2, 0) is 0 Å². The predicted molar refractivity (Wildman–Crippen MR) is 40.2 cm³/mol. The molecule has 0 radical (unpaired) electrons. The third kappa shape index (κ3) is 3.09. The molecular formula is C8H14O. The monoisotopic (exact) mass is 126 g/mol. The number of rotatable bonds is 3. The highest BCUT2D eigenvalue weighted by Crippen LogP contribution is 2.03. The molecule has 0 spiro atoms. The summed E-state index contributed by atoms with van der Waals surface area (Å²) in [5.41, 5.74) is 0. The van der Waals surface area contributed by atoms with Crippen molar-refractivity contribution in [2.75, 3.05) is 0 Å². The molecule has 0 aliphatic heterocycles. The Bertz CT molecular complexity index is 105. The van der Waals surface area contributed by atoms with E-state index in [1.807, 2.05) is 19.9 Å². The van der Waals surface area contributed by atoms with E-state index in [9.17, 15) is 0 Å². The number of hydrogen-bond acceptors (Lipinski definition) is 1. The second kappa shape index (κ2) is 4.33. The second-order valence-corrected chi connectivity index (χ2v) is 2.11. The van der Waals surface area contributed by atoms with Crippen molar-refractivity contribution in [1.82, 2.24) is 0 Å². The van der Waals surface area contributed by atoms with Gasteiger partial charge in [-0.3, -0.25) is 0 Å². The van der Waals surface area contributed by atoms with Crippen LogP contribution in [0.2, 0.25) is 0 Å². The molecule has 0 saturated carbocycles. The Morgan fingerprint density at radius 3 is 2.44 bits per heavy atom. The molecule has 0 heterocycles. The summed E-state index contributed by atoms with van der Waals surface area (Å²) in [6, 6.07) is 0. The summed E-state index contributed by atoms with van der Waals surface area (Å²) in [5, 5.41) is 9.16. The lowest BCUT2D eigenvalue weighted by molar-refractivity contribution is 0.185. The van der Waals surface area contributed by atoms with Crippen LogP contribution in [-0.4, -0.2) is 11.2 Å². The van der Waals surface area contributed by atoms with Gasteiger partial charge in [0, 0.05) is 5.92 Å². The maximum absolute atomic E-state index is 9.16. The molecule has 52 valence electrons. The predicted octanol–water partition coefficient (Wildman–Crippen LogP) is 1.75. The smallest absolute Gasteiger partial charge is 0.0780 e. The van der Waals surface area contributed by atoms with E-state index in [0.29, 0.717) is 0 Å². The Kier molecular flexibility index (Phi) is 4.06. The van der Waals surface area contributed by atoms with Crippen LogP contribution in [0.25, 0.3) is 0 Å². The van der Waals surface area contributed by atoms with Crippen LogP contribution < -0.4 is 0 Å². The first kappa shape index (κ1) is 8.44. The average molecular weight is 126 g/mol. The largest absolute Gasteiger partial charge is 0.388 e. The van der Waals surface area contributed by atoms with Crippen molar-refractivity contribution < 1.29 is 5.11 Å². The lowest BCUT2D eigenvalue weighted by Gasteiger charge is -2.08. The Morgan fingerprint density at radius 1 is 1.56 bits per heavy atom. The number of aliphatic hydroxyl groups excluding tert-OH is 1. The molecule has 0 fully saturated rings. The molecule has 2 atom stereocenters. The minimum atomic E-state index is -0.368. The minimum Gasteiger partial charge on any atom is -0.388 e. The number of hydrogen-bond donors (Lipinski definition) is 1. The summed E-state index contributed by atoms with van der Waals surface area (Å²) >= 11 is 0. The van der Waals surface area contributed by atoms with Crippen molar-refractivity contribution in [2.24, 2.45) is 5.92 Å². The fourth-order valence-electron chi connectivity index (χ4n) is 0.512. The molecule has 1 N–H and O–H groups in total. The maximum atomic E-state index is 9.16. The highest BCUT2D eigenvalue weighted by molar-refractivity contribution is 4.94. The van der Waals surface area contributed by atoms with Gasteiger partial charge < -0.3 is 5.11 Å². The third-order valence-corrected chi connectivity index (χ3v) is 1.30. The summed E-state index contributed by atoms with van der Waals surface area (Å²) < 4.78 is 0. The average Bonchev–Trinajstić information content (AvgIpc) is 1.87. The molecule has 0 amide bonds. The summed E-state index contributed by atoms with van der Waals surface area (Å²) in [5.74, 6) is 0.154. The van der Waals surface area contributed by atoms with Crippen LogP contribution in [0.15, 0.2) is 24.8 Å². The molecule has 0 aromatic heterocycles. The van der Waals surface area contributed by atoms with Crippen LogP contribution in [0.5, 0.6) is 0 Å². The fourth-order valence-corrected chi connectivity index (χ4v) is 0.512. The summed E-state index contributed by atoms with van der Waals surface area (Å²) in [6.07, 6.45) is 4.97. The summed E-state index contributed by atoms with van der Waals surface area (Å²) in [6.45, 7) is 7.39. The fraction of sp³-hybridized carbons (Fsp3) is 0.500. The van der Waals surface area contributed by atoms with Crippen LogP contribution in [0, 0.1) is 5.92 Å². The number of allylic oxidation sites excluding steroid dienone is 1. The normalized spacial score (nSPS) is 17.7. The van der Waals surface area contributed by atoms with Crippen molar-refractivity contribution in [3.63, 3.8) is 0 Å². The highest BCUT2D eigenvalue weighted by Gasteiger charge is 2.04. The lowest BCUT2D eigenvalue weighted by atomic mass is 10.1. The molecule has 2 unspecified atom stereocenters. The molecule has 0 aromatic rings. The van der Waals surface area contributed by atoms with Crippen molar-refractivity contribution in [2.45, 2.75) is 20.0 Å². The zero-order valence-electron chi connectivity index (χ0n) is 6.04. The van der Waals surface area contributed by atoms with Gasteiger partial charge in [-0.15, -0.1) is 6.58 Å². The zero-order chi connectivity index (χ0) is 7.28. The molecule has 0 saturated heterocycles. The van der Waals surface area contributed by atoms with Crippen molar-refractivity contribution in [3.8, 4) is 0 Å². The van der Waals surface area contributed by atoms with Gasteiger partial charge in [0.05, 0.1) is 6.10 Å². The topological polar surface area (TPSA) is 20.2 Å². The van der Waals surface area contributed by atoms with E-state index in [1.54, 1.807) is 12.2 Å². The van der Waals surface area contributed by atoms with Gasteiger partial charge in [0.25, 0.3) is 0 Å². The van der Waals surface area contributed by atoms with Gasteiger partial charge >= 0.3 is 0 Å². The molecule has 0 bridgehead atoms. The van der Waals surface area contributed by atoms with E-state index in [4.69, 9.17) is 5.11 Å². The van der Waals surface area contributed by atoms with Gasteiger partial charge in [-0.2, -0.15) is 0 Å². The van der Waals surface area contributed by atoms with Crippen LogP contribution in [0.4, 0.5) is 0 Å². The van der Waals surface area contributed by atoms with Gasteiger partial charge in [0.1, 0.15) is 0 Å². The quantitative estimate of drug-likeness (QED) is 0.571. The van der Waals surface area contributed by atoms with E-state index in [-0.39, 0.29) is 12.0 Å². The van der Waals surface area contributed by atoms with Gasteiger partial charge in [-0.1, -0.05) is 25.2 Å². The van der Waals surface area contributed by atoms with Crippen molar-refractivity contribution in [3.05, 3.63) is 24.8 Å². The molecule has 1 nitrogen and oxygen atoms in total. The summed E-state index contributed by atoms with van der Waals surface area (Å²) in [4.78, 5) is 0. The van der Waals surface area contributed by atoms with Crippen molar-refractivity contribution >= 4 is 0 Å². The first-order valence-corrected chi connectivity index (χ1v) is 3.15. The Hall–Kier alpha value is -0.560. The lowest BCUT2D eigenvalue weighted by Crippen LogP contribution is -2.11. The Balaban J connectivity index is 3.71. The van der Waals surface area contributed by atoms with Gasteiger partial charge in [0.2, 0.25) is 0 Å². The molecule has 0 rings (SSSR count). The molecule has 1 heteroatoms. The van der Waals surface area contributed by atoms with E-state index >= 15 is 0 Å². The van der Waals surface area contributed by atoms with E-state index in [2.05, 4.69) is 6.58 Å². The molecular weight excluding hydrogens is 112 g/mol. The molecule has 9 heavy (non-hydrogen) atoms. The Labute approximate surface area is 56.7 Å². The molecule has 0 aromatic carbocycles. The van der Waals surface area contributed by atoms with Gasteiger partial charge in [0.15, 0.2) is 0 Å². The molecule has 0 aliphatic rings.